The summed E-state index contributed by atoms with van der Waals surface area (Å²) in [6, 6.07) is 0. The third kappa shape index (κ3) is 0.867. The van der Waals surface area contributed by atoms with E-state index in [-0.39, 0.29) is 1.43 Å². The molecule has 60 valence electrons. The highest BCUT2D eigenvalue weighted by Crippen LogP contribution is 2.33. The number of likely N-dealkylation sites (tertiary alicyclic amines) is 1. The van der Waals surface area contributed by atoms with E-state index in [1.54, 1.807) is 0 Å². The van der Waals surface area contributed by atoms with Crippen LogP contribution in [-0.4, -0.2) is 37.6 Å². The second-order valence-corrected chi connectivity index (χ2v) is 3.72. The minimum atomic E-state index is 0. The van der Waals surface area contributed by atoms with Gasteiger partial charge in [-0.05, 0) is 19.5 Å². The van der Waals surface area contributed by atoms with Crippen molar-refractivity contribution in [3.63, 3.8) is 0 Å². The Bertz CT molecular complexity index is 134. The molecule has 0 atom stereocenters. The van der Waals surface area contributed by atoms with Crippen molar-refractivity contribution in [1.29, 1.82) is 0 Å². The molecule has 0 saturated carbocycles. The molecule has 10 heavy (non-hydrogen) atoms. The second-order valence-electron chi connectivity index (χ2n) is 3.72. The lowest BCUT2D eigenvalue weighted by Crippen LogP contribution is -2.54. The smallest absolute Gasteiger partial charge is 0.00918 e. The normalized spacial score (nSPS) is 30.9. The zero-order valence-electron chi connectivity index (χ0n) is 6.69. The van der Waals surface area contributed by atoms with Gasteiger partial charge in [0.1, 0.15) is 0 Å². The molecule has 2 saturated heterocycles. The van der Waals surface area contributed by atoms with Crippen molar-refractivity contribution in [2.45, 2.75) is 13.3 Å². The molecule has 0 aromatic carbocycles. The van der Waals surface area contributed by atoms with Crippen molar-refractivity contribution in [1.82, 2.24) is 10.2 Å². The summed E-state index contributed by atoms with van der Waals surface area (Å²) in [6.07, 6.45) is 1.42. The zero-order chi connectivity index (χ0) is 7.03. The van der Waals surface area contributed by atoms with E-state index in [1.165, 1.54) is 39.1 Å². The van der Waals surface area contributed by atoms with E-state index in [4.69, 9.17) is 0 Å². The molecule has 0 aromatic rings. The molecule has 2 heterocycles. The van der Waals surface area contributed by atoms with E-state index < -0.39 is 0 Å². The van der Waals surface area contributed by atoms with Gasteiger partial charge in [-0.15, -0.1) is 0 Å². The average Bonchev–Trinajstić information content (AvgIpc) is 2.29. The van der Waals surface area contributed by atoms with Crippen LogP contribution in [0, 0.1) is 5.41 Å². The number of hydrogen-bond donors (Lipinski definition) is 1. The first kappa shape index (κ1) is 6.62. The van der Waals surface area contributed by atoms with Crippen molar-refractivity contribution in [2.75, 3.05) is 32.7 Å². The van der Waals surface area contributed by atoms with Gasteiger partial charge in [0.2, 0.25) is 0 Å². The van der Waals surface area contributed by atoms with Crippen molar-refractivity contribution in [3.05, 3.63) is 0 Å². The summed E-state index contributed by atoms with van der Waals surface area (Å²) in [5.74, 6) is 0. The largest absolute Gasteiger partial charge is 0.315 e. The summed E-state index contributed by atoms with van der Waals surface area (Å²) in [6.45, 7) is 8.70. The van der Waals surface area contributed by atoms with E-state index >= 15 is 0 Å². The van der Waals surface area contributed by atoms with E-state index in [9.17, 15) is 0 Å². The zero-order valence-corrected chi connectivity index (χ0v) is 6.69. The van der Waals surface area contributed by atoms with Gasteiger partial charge < -0.3 is 10.2 Å². The van der Waals surface area contributed by atoms with E-state index in [0.717, 1.165) is 0 Å². The minimum Gasteiger partial charge on any atom is -0.315 e. The van der Waals surface area contributed by atoms with Crippen LogP contribution in [0.1, 0.15) is 14.8 Å². The summed E-state index contributed by atoms with van der Waals surface area (Å²) >= 11 is 0. The molecular weight excluding hydrogens is 124 g/mol. The van der Waals surface area contributed by atoms with E-state index in [1.807, 2.05) is 0 Å². The molecule has 0 radical (unpaired) electrons. The molecule has 2 fully saturated rings. The Balaban J connectivity index is 0.000000605. The Labute approximate surface area is 64.1 Å². The Morgan fingerprint density at radius 3 is 2.70 bits per heavy atom. The summed E-state index contributed by atoms with van der Waals surface area (Å²) in [5.41, 5.74) is 0.704. The van der Waals surface area contributed by atoms with Crippen LogP contribution in [0.3, 0.4) is 0 Å². The lowest BCUT2D eigenvalue weighted by atomic mass is 9.81. The van der Waals surface area contributed by atoms with E-state index in [0.29, 0.717) is 5.41 Å². The van der Waals surface area contributed by atoms with E-state index in [2.05, 4.69) is 17.1 Å². The molecule has 2 aliphatic heterocycles. The minimum absolute atomic E-state index is 0. The summed E-state index contributed by atoms with van der Waals surface area (Å²) in [7, 11) is 0. The van der Waals surface area contributed by atoms with Crippen molar-refractivity contribution >= 4 is 0 Å². The lowest BCUT2D eigenvalue weighted by molar-refractivity contribution is 0.171. The second kappa shape index (κ2) is 2.21. The molecule has 0 unspecified atom stereocenters. The van der Waals surface area contributed by atoms with Crippen LogP contribution in [0.25, 0.3) is 0 Å². The van der Waals surface area contributed by atoms with Gasteiger partial charge in [0.15, 0.2) is 0 Å². The fourth-order valence-electron chi connectivity index (χ4n) is 2.06. The SMILES string of the molecule is CCN1CCC2(CNC2)C1.[HH]. The molecule has 2 rings (SSSR count). The standard InChI is InChI=1S/C8H16N2.H2/c1-2-10-4-3-8(7-10)5-9-6-8;/h9H,2-7H2,1H3;1H. The van der Waals surface area contributed by atoms with Crippen molar-refractivity contribution in [3.8, 4) is 0 Å². The highest BCUT2D eigenvalue weighted by atomic mass is 15.2. The number of nitrogens with zero attached hydrogens (tertiary/aromatic N) is 1. The quantitative estimate of drug-likeness (QED) is 0.575. The van der Waals surface area contributed by atoms with Gasteiger partial charge in [0.05, 0.1) is 0 Å². The molecule has 0 bridgehead atoms. The molecule has 2 aliphatic rings. The van der Waals surface area contributed by atoms with Gasteiger partial charge in [-0.1, -0.05) is 6.92 Å². The first-order valence-corrected chi connectivity index (χ1v) is 4.28. The highest BCUT2D eigenvalue weighted by molar-refractivity contribution is 4.98. The lowest BCUT2D eigenvalue weighted by Gasteiger charge is -2.39. The van der Waals surface area contributed by atoms with Crippen LogP contribution < -0.4 is 5.32 Å². The number of hydrogen-bond acceptors (Lipinski definition) is 2. The average molecular weight is 142 g/mol. The fraction of sp³-hybridized carbons (Fsp3) is 1.00. The van der Waals surface area contributed by atoms with Crippen LogP contribution in [0.4, 0.5) is 0 Å². The van der Waals surface area contributed by atoms with Crippen molar-refractivity contribution < 1.29 is 1.43 Å². The summed E-state index contributed by atoms with van der Waals surface area (Å²) < 4.78 is 0. The predicted octanol–water partition coefficient (Wildman–Crippen LogP) is 0.548. The third-order valence-corrected chi connectivity index (χ3v) is 2.96. The predicted molar refractivity (Wildman–Crippen MR) is 44.1 cm³/mol. The van der Waals surface area contributed by atoms with Crippen LogP contribution in [-0.2, 0) is 0 Å². The molecule has 0 aliphatic carbocycles. The van der Waals surface area contributed by atoms with Gasteiger partial charge in [-0.2, -0.15) is 0 Å². The first-order valence-electron chi connectivity index (χ1n) is 4.28. The van der Waals surface area contributed by atoms with Gasteiger partial charge in [0, 0.05) is 26.5 Å². The Morgan fingerprint density at radius 1 is 1.60 bits per heavy atom. The maximum Gasteiger partial charge on any atom is 0.00918 e. The van der Waals surface area contributed by atoms with Gasteiger partial charge >= 0.3 is 0 Å². The molecule has 2 heteroatoms. The Kier molecular flexibility index (Phi) is 1.46. The molecule has 2 nitrogen and oxygen atoms in total. The summed E-state index contributed by atoms with van der Waals surface area (Å²) in [4.78, 5) is 2.56. The maximum absolute atomic E-state index is 3.36. The van der Waals surface area contributed by atoms with Crippen LogP contribution in [0.15, 0.2) is 0 Å². The number of nitrogens with one attached hydrogen (secondary N) is 1. The molecule has 0 aromatic heterocycles. The monoisotopic (exact) mass is 142 g/mol. The Hall–Kier alpha value is -0.0800. The van der Waals surface area contributed by atoms with Crippen LogP contribution >= 0.6 is 0 Å². The molecule has 1 N–H and O–H groups in total. The van der Waals surface area contributed by atoms with Gasteiger partial charge in [0.25, 0.3) is 0 Å². The fourth-order valence-corrected chi connectivity index (χ4v) is 2.06. The molecule has 1 spiro atoms. The van der Waals surface area contributed by atoms with Gasteiger partial charge in [-0.3, -0.25) is 0 Å². The summed E-state index contributed by atoms with van der Waals surface area (Å²) in [5, 5.41) is 3.36. The Morgan fingerprint density at radius 2 is 2.40 bits per heavy atom. The molecule has 0 amide bonds. The number of rotatable bonds is 1. The maximum atomic E-state index is 3.36. The first-order chi connectivity index (χ1) is 4.85. The molecular formula is C8H18N2. The van der Waals surface area contributed by atoms with Crippen LogP contribution in [0.5, 0.6) is 0 Å². The third-order valence-electron chi connectivity index (χ3n) is 2.96. The highest BCUT2D eigenvalue weighted by Gasteiger charge is 2.42. The topological polar surface area (TPSA) is 15.3 Å². The van der Waals surface area contributed by atoms with Gasteiger partial charge in [-0.25, -0.2) is 0 Å². The van der Waals surface area contributed by atoms with Crippen LogP contribution in [0.2, 0.25) is 0 Å². The van der Waals surface area contributed by atoms with Crippen molar-refractivity contribution in [2.24, 2.45) is 5.41 Å².